The van der Waals surface area contributed by atoms with E-state index in [0.717, 1.165) is 44.1 Å². The Hall–Kier alpha value is -1.65. The maximum atomic E-state index is 12.9. The lowest BCUT2D eigenvalue weighted by Gasteiger charge is -2.37. The number of piperidine rings is 1. The van der Waals surface area contributed by atoms with E-state index in [4.69, 9.17) is 4.74 Å². The fourth-order valence-electron chi connectivity index (χ4n) is 4.04. The van der Waals surface area contributed by atoms with Gasteiger partial charge in [-0.2, -0.15) is 0 Å². The van der Waals surface area contributed by atoms with Crippen molar-refractivity contribution in [1.29, 1.82) is 0 Å². The van der Waals surface area contributed by atoms with Crippen LogP contribution < -0.4 is 4.74 Å². The van der Waals surface area contributed by atoms with Crippen molar-refractivity contribution in [2.24, 2.45) is 17.8 Å². The van der Waals surface area contributed by atoms with E-state index < -0.39 is 0 Å². The highest BCUT2D eigenvalue weighted by Crippen LogP contribution is 2.34. The second kappa shape index (κ2) is 7.95. The highest BCUT2D eigenvalue weighted by molar-refractivity contribution is 5.79. The van der Waals surface area contributed by atoms with Gasteiger partial charge in [-0.05, 0) is 50.4 Å². The molecule has 0 aromatic carbocycles. The van der Waals surface area contributed by atoms with Crippen LogP contribution in [0.3, 0.4) is 0 Å². The van der Waals surface area contributed by atoms with Gasteiger partial charge < -0.3 is 9.64 Å². The SMILES string of the molecule is CC(C)C1CCC(C(=O)N2CCCC(Oc3ccncn3)C2)CC1. The molecule has 1 unspecified atom stereocenters. The number of carbonyl (C=O) groups is 1. The Balaban J connectivity index is 1.52. The molecule has 1 aromatic rings. The second-order valence-electron chi connectivity index (χ2n) is 7.57. The highest BCUT2D eigenvalue weighted by atomic mass is 16.5. The van der Waals surface area contributed by atoms with Gasteiger partial charge in [0.1, 0.15) is 12.4 Å². The van der Waals surface area contributed by atoms with Crippen LogP contribution in [0, 0.1) is 17.8 Å². The minimum atomic E-state index is 0.0459. The number of nitrogens with zero attached hydrogens (tertiary/aromatic N) is 3. The molecule has 1 aromatic heterocycles. The summed E-state index contributed by atoms with van der Waals surface area (Å²) in [6.07, 6.45) is 9.70. The molecular formula is C19H29N3O2. The zero-order chi connectivity index (χ0) is 16.9. The summed E-state index contributed by atoms with van der Waals surface area (Å²) in [6, 6.07) is 1.77. The average molecular weight is 331 g/mol. The first kappa shape index (κ1) is 17.2. The number of rotatable bonds is 4. The van der Waals surface area contributed by atoms with Crippen LogP contribution in [0.4, 0.5) is 0 Å². The van der Waals surface area contributed by atoms with Crippen LogP contribution in [-0.4, -0.2) is 40.0 Å². The largest absolute Gasteiger partial charge is 0.472 e. The summed E-state index contributed by atoms with van der Waals surface area (Å²) < 4.78 is 5.93. The average Bonchev–Trinajstić information content (AvgIpc) is 2.62. The van der Waals surface area contributed by atoms with E-state index in [9.17, 15) is 4.79 Å². The molecule has 5 nitrogen and oxygen atoms in total. The van der Waals surface area contributed by atoms with Crippen LogP contribution in [-0.2, 0) is 4.79 Å². The molecule has 1 aliphatic heterocycles. The normalized spacial score (nSPS) is 28.0. The molecule has 24 heavy (non-hydrogen) atoms. The summed E-state index contributed by atoms with van der Waals surface area (Å²) in [6.45, 7) is 6.15. The number of amides is 1. The molecule has 2 heterocycles. The summed E-state index contributed by atoms with van der Waals surface area (Å²) >= 11 is 0. The van der Waals surface area contributed by atoms with Crippen molar-refractivity contribution in [3.05, 3.63) is 18.6 Å². The van der Waals surface area contributed by atoms with E-state index in [0.29, 0.717) is 18.3 Å². The van der Waals surface area contributed by atoms with E-state index in [1.165, 1.54) is 19.2 Å². The highest BCUT2D eigenvalue weighted by Gasteiger charge is 2.33. The summed E-state index contributed by atoms with van der Waals surface area (Å²) in [7, 11) is 0. The van der Waals surface area contributed by atoms with Gasteiger partial charge in [-0.3, -0.25) is 4.79 Å². The molecular weight excluding hydrogens is 302 g/mol. The molecule has 1 saturated heterocycles. The molecule has 1 aliphatic carbocycles. The minimum absolute atomic E-state index is 0.0459. The van der Waals surface area contributed by atoms with Gasteiger partial charge in [0.25, 0.3) is 0 Å². The molecule has 0 bridgehead atoms. The van der Waals surface area contributed by atoms with Gasteiger partial charge in [0.15, 0.2) is 0 Å². The maximum absolute atomic E-state index is 12.9. The molecule has 1 atom stereocenters. The Labute approximate surface area is 144 Å². The van der Waals surface area contributed by atoms with Crippen molar-refractivity contribution in [3.63, 3.8) is 0 Å². The van der Waals surface area contributed by atoms with E-state index in [1.54, 1.807) is 12.3 Å². The Morgan fingerprint density at radius 3 is 2.71 bits per heavy atom. The Morgan fingerprint density at radius 2 is 2.04 bits per heavy atom. The number of carbonyl (C=O) groups excluding carboxylic acids is 1. The molecule has 1 amide bonds. The molecule has 5 heteroatoms. The predicted octanol–water partition coefficient (Wildman–Crippen LogP) is 3.31. The first-order chi connectivity index (χ1) is 11.6. The summed E-state index contributed by atoms with van der Waals surface area (Å²) in [5, 5.41) is 0. The van der Waals surface area contributed by atoms with Crippen LogP contribution in [0.2, 0.25) is 0 Å². The van der Waals surface area contributed by atoms with Crippen molar-refractivity contribution in [1.82, 2.24) is 14.9 Å². The summed E-state index contributed by atoms with van der Waals surface area (Å²) in [5.74, 6) is 2.69. The molecule has 3 rings (SSSR count). The van der Waals surface area contributed by atoms with Crippen molar-refractivity contribution < 1.29 is 9.53 Å². The van der Waals surface area contributed by atoms with Gasteiger partial charge in [-0.15, -0.1) is 0 Å². The number of aromatic nitrogens is 2. The molecule has 0 N–H and O–H groups in total. The molecule has 2 fully saturated rings. The second-order valence-corrected chi connectivity index (χ2v) is 7.57. The van der Waals surface area contributed by atoms with Gasteiger partial charge in [-0.25, -0.2) is 9.97 Å². The summed E-state index contributed by atoms with van der Waals surface area (Å²) in [5.41, 5.74) is 0. The topological polar surface area (TPSA) is 55.3 Å². The van der Waals surface area contributed by atoms with Crippen molar-refractivity contribution in [3.8, 4) is 5.88 Å². The van der Waals surface area contributed by atoms with Crippen molar-refractivity contribution >= 4 is 5.91 Å². The standard InChI is InChI=1S/C19H29N3O2/c1-14(2)15-5-7-16(8-6-15)19(23)22-11-3-4-17(12-22)24-18-9-10-20-13-21-18/h9-10,13-17H,3-8,11-12H2,1-2H3. The Bertz CT molecular complexity index is 527. The van der Waals surface area contributed by atoms with Crippen molar-refractivity contribution in [2.45, 2.75) is 58.5 Å². The molecule has 0 radical (unpaired) electrons. The molecule has 0 spiro atoms. The van der Waals surface area contributed by atoms with Gasteiger partial charge in [0, 0.05) is 24.7 Å². The molecule has 132 valence electrons. The van der Waals surface area contributed by atoms with Gasteiger partial charge >= 0.3 is 0 Å². The Kier molecular flexibility index (Phi) is 5.69. The van der Waals surface area contributed by atoms with E-state index in [2.05, 4.69) is 23.8 Å². The van der Waals surface area contributed by atoms with Gasteiger partial charge in [-0.1, -0.05) is 13.8 Å². The predicted molar refractivity (Wildman–Crippen MR) is 92.5 cm³/mol. The molecule has 1 saturated carbocycles. The fraction of sp³-hybridized carbons (Fsp3) is 0.737. The fourth-order valence-corrected chi connectivity index (χ4v) is 4.04. The van der Waals surface area contributed by atoms with Crippen LogP contribution in [0.15, 0.2) is 18.6 Å². The quantitative estimate of drug-likeness (QED) is 0.849. The smallest absolute Gasteiger partial charge is 0.225 e. The lowest BCUT2D eigenvalue weighted by atomic mass is 9.76. The van der Waals surface area contributed by atoms with E-state index >= 15 is 0 Å². The molecule has 2 aliphatic rings. The number of ether oxygens (including phenoxy) is 1. The lowest BCUT2D eigenvalue weighted by molar-refractivity contribution is -0.139. The lowest BCUT2D eigenvalue weighted by Crippen LogP contribution is -2.47. The third-order valence-electron chi connectivity index (χ3n) is 5.60. The van der Waals surface area contributed by atoms with Crippen molar-refractivity contribution in [2.75, 3.05) is 13.1 Å². The third-order valence-corrected chi connectivity index (χ3v) is 5.60. The third kappa shape index (κ3) is 4.25. The zero-order valence-corrected chi connectivity index (χ0v) is 14.9. The zero-order valence-electron chi connectivity index (χ0n) is 14.9. The summed E-state index contributed by atoms with van der Waals surface area (Å²) in [4.78, 5) is 22.9. The van der Waals surface area contributed by atoms with Crippen LogP contribution in [0.25, 0.3) is 0 Å². The Morgan fingerprint density at radius 1 is 1.25 bits per heavy atom. The van der Waals surface area contributed by atoms with Gasteiger partial charge in [0.2, 0.25) is 11.8 Å². The number of hydrogen-bond donors (Lipinski definition) is 0. The monoisotopic (exact) mass is 331 g/mol. The van der Waals surface area contributed by atoms with Gasteiger partial charge in [0.05, 0.1) is 6.54 Å². The number of hydrogen-bond acceptors (Lipinski definition) is 4. The first-order valence-electron chi connectivity index (χ1n) is 9.35. The van der Waals surface area contributed by atoms with E-state index in [1.807, 2.05) is 4.90 Å². The first-order valence-corrected chi connectivity index (χ1v) is 9.35. The minimum Gasteiger partial charge on any atom is -0.472 e. The maximum Gasteiger partial charge on any atom is 0.225 e. The number of likely N-dealkylation sites (tertiary alicyclic amines) is 1. The van der Waals surface area contributed by atoms with Crippen LogP contribution in [0.1, 0.15) is 52.4 Å². The van der Waals surface area contributed by atoms with Crippen LogP contribution in [0.5, 0.6) is 5.88 Å². The van der Waals surface area contributed by atoms with E-state index in [-0.39, 0.29) is 12.0 Å². The van der Waals surface area contributed by atoms with Crippen LogP contribution >= 0.6 is 0 Å².